The molecule has 2 heterocycles. The number of ether oxygens (including phenoxy) is 1. The molecule has 2 atom stereocenters. The van der Waals surface area contributed by atoms with Gasteiger partial charge in [-0.2, -0.15) is 0 Å². The van der Waals surface area contributed by atoms with E-state index in [9.17, 15) is 0 Å². The van der Waals surface area contributed by atoms with Crippen molar-refractivity contribution >= 4 is 0 Å². The summed E-state index contributed by atoms with van der Waals surface area (Å²) in [5.74, 6) is 1.02. The summed E-state index contributed by atoms with van der Waals surface area (Å²) in [5.41, 5.74) is 0. The van der Waals surface area contributed by atoms with Crippen LogP contribution in [0.2, 0.25) is 0 Å². The van der Waals surface area contributed by atoms with Gasteiger partial charge in [0.2, 0.25) is 0 Å². The molecule has 2 heteroatoms. The van der Waals surface area contributed by atoms with Crippen LogP contribution in [-0.2, 0) is 4.74 Å². The first-order valence-corrected chi connectivity index (χ1v) is 6.29. The molecule has 3 aliphatic rings. The lowest BCUT2D eigenvalue weighted by Crippen LogP contribution is -2.37. The van der Waals surface area contributed by atoms with Crippen molar-refractivity contribution in [2.45, 2.75) is 50.7 Å². The minimum atomic E-state index is 0.594. The van der Waals surface area contributed by atoms with E-state index in [1.54, 1.807) is 0 Å². The normalized spacial score (nSPS) is 39.4. The van der Waals surface area contributed by atoms with Gasteiger partial charge in [-0.05, 0) is 38.1 Å². The lowest BCUT2D eigenvalue weighted by molar-refractivity contribution is 0.175. The molecule has 2 aliphatic heterocycles. The van der Waals surface area contributed by atoms with Crippen LogP contribution in [0.4, 0.5) is 0 Å². The van der Waals surface area contributed by atoms with Crippen LogP contribution in [0.15, 0.2) is 0 Å². The molecule has 2 saturated heterocycles. The number of nitrogens with zero attached hydrogens (tertiary/aromatic N) is 1. The van der Waals surface area contributed by atoms with Crippen LogP contribution in [0.25, 0.3) is 0 Å². The highest BCUT2D eigenvalue weighted by molar-refractivity contribution is 4.89. The van der Waals surface area contributed by atoms with Crippen molar-refractivity contribution in [3.05, 3.63) is 0 Å². The van der Waals surface area contributed by atoms with E-state index in [-0.39, 0.29) is 0 Å². The number of hydrogen-bond acceptors (Lipinski definition) is 2. The Balaban J connectivity index is 1.58. The molecule has 0 N–H and O–H groups in total. The average Bonchev–Trinajstić information content (AvgIpc) is 2.68. The highest BCUT2D eigenvalue weighted by Gasteiger charge is 2.36. The Labute approximate surface area is 86.6 Å². The van der Waals surface area contributed by atoms with Crippen LogP contribution in [0.1, 0.15) is 38.5 Å². The standard InChI is InChI=1S/C12H21NO/c1-2-5-10(4-1)12-6-3-7-13(12)8-11-9-14-11/h10-12H,1-9H2. The number of epoxide rings is 1. The quantitative estimate of drug-likeness (QED) is 0.640. The Morgan fingerprint density at radius 2 is 1.86 bits per heavy atom. The molecule has 0 amide bonds. The molecule has 0 aromatic carbocycles. The van der Waals surface area contributed by atoms with Gasteiger partial charge in [0.1, 0.15) is 0 Å². The van der Waals surface area contributed by atoms with Crippen LogP contribution in [-0.4, -0.2) is 36.7 Å². The number of hydrogen-bond donors (Lipinski definition) is 0. The summed E-state index contributed by atoms with van der Waals surface area (Å²) in [6.45, 7) is 3.58. The second kappa shape index (κ2) is 3.82. The molecule has 0 aromatic heterocycles. The Bertz CT molecular complexity index is 196. The van der Waals surface area contributed by atoms with E-state index in [0.717, 1.165) is 18.6 Å². The molecule has 3 fully saturated rings. The van der Waals surface area contributed by atoms with Crippen molar-refractivity contribution in [2.75, 3.05) is 19.7 Å². The van der Waals surface area contributed by atoms with Gasteiger partial charge in [-0.25, -0.2) is 0 Å². The van der Waals surface area contributed by atoms with Gasteiger partial charge < -0.3 is 4.74 Å². The zero-order valence-corrected chi connectivity index (χ0v) is 8.95. The Hall–Kier alpha value is -0.0800. The van der Waals surface area contributed by atoms with E-state index < -0.39 is 0 Å². The topological polar surface area (TPSA) is 15.8 Å². The van der Waals surface area contributed by atoms with Crippen LogP contribution >= 0.6 is 0 Å². The Kier molecular flexibility index (Phi) is 2.50. The first-order chi connectivity index (χ1) is 6.93. The maximum atomic E-state index is 5.34. The Morgan fingerprint density at radius 1 is 1.07 bits per heavy atom. The van der Waals surface area contributed by atoms with Gasteiger partial charge in [0.25, 0.3) is 0 Å². The lowest BCUT2D eigenvalue weighted by atomic mass is 9.96. The summed E-state index contributed by atoms with van der Waals surface area (Å²) in [4.78, 5) is 2.72. The third-order valence-corrected chi connectivity index (χ3v) is 4.20. The molecule has 80 valence electrons. The molecule has 0 aromatic rings. The number of rotatable bonds is 3. The highest BCUT2D eigenvalue weighted by Crippen LogP contribution is 2.35. The summed E-state index contributed by atoms with van der Waals surface area (Å²) < 4.78 is 5.34. The van der Waals surface area contributed by atoms with E-state index in [1.807, 2.05) is 0 Å². The maximum absolute atomic E-state index is 5.34. The molecule has 0 spiro atoms. The zero-order valence-electron chi connectivity index (χ0n) is 8.95. The minimum absolute atomic E-state index is 0.594. The van der Waals surface area contributed by atoms with E-state index in [4.69, 9.17) is 4.74 Å². The van der Waals surface area contributed by atoms with Gasteiger partial charge in [0.15, 0.2) is 0 Å². The van der Waals surface area contributed by atoms with Crippen molar-refractivity contribution < 1.29 is 4.74 Å². The average molecular weight is 195 g/mol. The monoisotopic (exact) mass is 195 g/mol. The third-order valence-electron chi connectivity index (χ3n) is 4.20. The van der Waals surface area contributed by atoms with E-state index >= 15 is 0 Å². The maximum Gasteiger partial charge on any atom is 0.0936 e. The first-order valence-electron chi connectivity index (χ1n) is 6.29. The lowest BCUT2D eigenvalue weighted by Gasteiger charge is -2.28. The van der Waals surface area contributed by atoms with Gasteiger partial charge in [0.05, 0.1) is 12.7 Å². The fourth-order valence-electron chi connectivity index (χ4n) is 3.39. The van der Waals surface area contributed by atoms with Crippen LogP contribution in [0.3, 0.4) is 0 Å². The predicted molar refractivity (Wildman–Crippen MR) is 56.3 cm³/mol. The van der Waals surface area contributed by atoms with Gasteiger partial charge in [-0.15, -0.1) is 0 Å². The molecule has 14 heavy (non-hydrogen) atoms. The van der Waals surface area contributed by atoms with Gasteiger partial charge in [-0.3, -0.25) is 4.90 Å². The van der Waals surface area contributed by atoms with Crippen LogP contribution in [0, 0.1) is 5.92 Å². The van der Waals surface area contributed by atoms with Crippen molar-refractivity contribution in [1.82, 2.24) is 4.90 Å². The molecule has 2 nitrogen and oxygen atoms in total. The van der Waals surface area contributed by atoms with E-state index in [2.05, 4.69) is 4.90 Å². The molecule has 1 saturated carbocycles. The molecular weight excluding hydrogens is 174 g/mol. The van der Waals surface area contributed by atoms with Crippen LogP contribution < -0.4 is 0 Å². The van der Waals surface area contributed by atoms with Crippen molar-refractivity contribution in [3.63, 3.8) is 0 Å². The summed E-state index contributed by atoms with van der Waals surface area (Å²) in [6, 6.07) is 0.918. The highest BCUT2D eigenvalue weighted by atomic mass is 16.6. The molecule has 0 bridgehead atoms. The van der Waals surface area contributed by atoms with Crippen molar-refractivity contribution in [3.8, 4) is 0 Å². The fourth-order valence-corrected chi connectivity index (χ4v) is 3.39. The van der Waals surface area contributed by atoms with Crippen molar-refractivity contribution in [2.24, 2.45) is 5.92 Å². The summed E-state index contributed by atoms with van der Waals surface area (Å²) in [7, 11) is 0. The fraction of sp³-hybridized carbons (Fsp3) is 1.00. The van der Waals surface area contributed by atoms with Gasteiger partial charge in [0, 0.05) is 12.6 Å². The summed E-state index contributed by atoms with van der Waals surface area (Å²) in [5, 5.41) is 0. The van der Waals surface area contributed by atoms with Crippen LogP contribution in [0.5, 0.6) is 0 Å². The largest absolute Gasteiger partial charge is 0.372 e. The van der Waals surface area contributed by atoms with Gasteiger partial charge in [-0.1, -0.05) is 12.8 Å². The molecule has 2 unspecified atom stereocenters. The minimum Gasteiger partial charge on any atom is -0.372 e. The van der Waals surface area contributed by atoms with E-state index in [1.165, 1.54) is 51.6 Å². The SMILES string of the molecule is C1CCC(C2CCCN2CC2CO2)C1. The number of likely N-dealkylation sites (tertiary alicyclic amines) is 1. The molecule has 0 radical (unpaired) electrons. The second-order valence-electron chi connectivity index (χ2n) is 5.20. The Morgan fingerprint density at radius 3 is 2.57 bits per heavy atom. The van der Waals surface area contributed by atoms with Crippen molar-refractivity contribution in [1.29, 1.82) is 0 Å². The first kappa shape index (κ1) is 9.17. The summed E-state index contributed by atoms with van der Waals surface area (Å²) >= 11 is 0. The zero-order chi connectivity index (χ0) is 9.38. The molecular formula is C12H21NO. The van der Waals surface area contributed by atoms with E-state index in [0.29, 0.717) is 6.10 Å². The molecule has 1 aliphatic carbocycles. The van der Waals surface area contributed by atoms with Gasteiger partial charge >= 0.3 is 0 Å². The predicted octanol–water partition coefficient (Wildman–Crippen LogP) is 2.04. The smallest absolute Gasteiger partial charge is 0.0936 e. The second-order valence-corrected chi connectivity index (χ2v) is 5.20. The summed E-state index contributed by atoms with van der Waals surface area (Å²) in [6.07, 6.45) is 9.42. The molecule has 3 rings (SSSR count). The third kappa shape index (κ3) is 1.82.